The van der Waals surface area contributed by atoms with Crippen LogP contribution in [0.5, 0.6) is 5.75 Å². The molecule has 1 amide bonds. The molecule has 0 radical (unpaired) electrons. The van der Waals surface area contributed by atoms with Gasteiger partial charge in [0, 0.05) is 44.8 Å². The number of nitrogens with zero attached hydrogens (tertiary/aromatic N) is 3. The average molecular weight is 349 g/mol. The molecule has 0 unspecified atom stereocenters. The summed E-state index contributed by atoms with van der Waals surface area (Å²) >= 11 is 0. The summed E-state index contributed by atoms with van der Waals surface area (Å²) in [5.41, 5.74) is 0. The summed E-state index contributed by atoms with van der Waals surface area (Å²) in [4.78, 5) is 19.1. The molecule has 2 aliphatic heterocycles. The lowest BCUT2D eigenvalue weighted by Gasteiger charge is -2.40. The van der Waals surface area contributed by atoms with Gasteiger partial charge in [-0.3, -0.25) is 9.69 Å². The fraction of sp³-hybridized carbons (Fsp3) is 0.632. The number of halogens is 1. The Morgan fingerprint density at radius 3 is 2.72 bits per heavy atom. The Morgan fingerprint density at radius 2 is 2.00 bits per heavy atom. The van der Waals surface area contributed by atoms with Gasteiger partial charge < -0.3 is 14.5 Å². The predicted molar refractivity (Wildman–Crippen MR) is 95.2 cm³/mol. The number of rotatable bonds is 5. The normalized spacial score (nSPS) is 22.8. The van der Waals surface area contributed by atoms with Gasteiger partial charge in [-0.2, -0.15) is 0 Å². The van der Waals surface area contributed by atoms with E-state index < -0.39 is 0 Å². The lowest BCUT2D eigenvalue weighted by molar-refractivity contribution is -0.135. The van der Waals surface area contributed by atoms with Crippen LogP contribution in [-0.4, -0.2) is 79.6 Å². The minimum absolute atomic E-state index is 0.0290. The van der Waals surface area contributed by atoms with Gasteiger partial charge in [-0.15, -0.1) is 0 Å². The van der Waals surface area contributed by atoms with Crippen LogP contribution in [0.2, 0.25) is 0 Å². The van der Waals surface area contributed by atoms with Crippen molar-refractivity contribution in [2.75, 3.05) is 52.9 Å². The van der Waals surface area contributed by atoms with Gasteiger partial charge in [-0.1, -0.05) is 12.5 Å². The fourth-order valence-electron chi connectivity index (χ4n) is 3.65. The molecule has 0 aromatic heterocycles. The van der Waals surface area contributed by atoms with Crippen molar-refractivity contribution in [3.63, 3.8) is 0 Å². The Bertz CT molecular complexity index is 576. The van der Waals surface area contributed by atoms with Crippen LogP contribution in [0.25, 0.3) is 0 Å². The Hall–Kier alpha value is -1.66. The SMILES string of the molecule is CN1CCCC[C@@H]1CN1CCN(C(=O)COc2cccc(F)c2)CC1. The summed E-state index contributed by atoms with van der Waals surface area (Å²) in [5, 5.41) is 0. The second-order valence-corrected chi connectivity index (χ2v) is 7.06. The third-order valence-corrected chi connectivity index (χ3v) is 5.27. The third-order valence-electron chi connectivity index (χ3n) is 5.27. The minimum Gasteiger partial charge on any atom is -0.484 e. The molecule has 0 saturated carbocycles. The maximum absolute atomic E-state index is 13.1. The van der Waals surface area contributed by atoms with Crippen molar-refractivity contribution in [3.8, 4) is 5.75 Å². The molecule has 1 aromatic rings. The van der Waals surface area contributed by atoms with Gasteiger partial charge in [0.05, 0.1) is 0 Å². The van der Waals surface area contributed by atoms with E-state index in [9.17, 15) is 9.18 Å². The zero-order chi connectivity index (χ0) is 17.6. The highest BCUT2D eigenvalue weighted by molar-refractivity contribution is 5.77. The van der Waals surface area contributed by atoms with E-state index in [1.54, 1.807) is 12.1 Å². The lowest BCUT2D eigenvalue weighted by atomic mass is 10.0. The van der Waals surface area contributed by atoms with Gasteiger partial charge >= 0.3 is 0 Å². The number of carbonyl (C=O) groups is 1. The second kappa shape index (κ2) is 8.63. The topological polar surface area (TPSA) is 36.0 Å². The first-order valence-corrected chi connectivity index (χ1v) is 9.20. The fourth-order valence-corrected chi connectivity index (χ4v) is 3.65. The zero-order valence-electron chi connectivity index (χ0n) is 15.0. The first-order chi connectivity index (χ1) is 12.1. The molecule has 1 atom stereocenters. The number of amides is 1. The monoisotopic (exact) mass is 349 g/mol. The van der Waals surface area contributed by atoms with Crippen molar-refractivity contribution in [1.82, 2.24) is 14.7 Å². The van der Waals surface area contributed by atoms with Crippen molar-refractivity contribution in [3.05, 3.63) is 30.1 Å². The Morgan fingerprint density at radius 1 is 1.20 bits per heavy atom. The number of hydrogen-bond acceptors (Lipinski definition) is 4. The van der Waals surface area contributed by atoms with E-state index in [2.05, 4.69) is 16.8 Å². The van der Waals surface area contributed by atoms with Gasteiger partial charge in [0.2, 0.25) is 0 Å². The lowest BCUT2D eigenvalue weighted by Crippen LogP contribution is -2.53. The summed E-state index contributed by atoms with van der Waals surface area (Å²) in [5.74, 6) is 0.0114. The summed E-state index contributed by atoms with van der Waals surface area (Å²) in [6.45, 7) is 5.56. The molecule has 0 aliphatic carbocycles. The number of likely N-dealkylation sites (N-methyl/N-ethyl adjacent to an activating group) is 1. The molecule has 2 fully saturated rings. The van der Waals surface area contributed by atoms with Crippen LogP contribution in [0.4, 0.5) is 4.39 Å². The van der Waals surface area contributed by atoms with Crippen LogP contribution in [0, 0.1) is 5.82 Å². The highest BCUT2D eigenvalue weighted by atomic mass is 19.1. The molecule has 138 valence electrons. The number of piperidine rings is 1. The largest absolute Gasteiger partial charge is 0.484 e. The average Bonchev–Trinajstić information content (AvgIpc) is 2.62. The molecule has 3 rings (SSSR count). The molecule has 6 heteroatoms. The van der Waals surface area contributed by atoms with Gasteiger partial charge in [-0.25, -0.2) is 4.39 Å². The van der Waals surface area contributed by atoms with E-state index >= 15 is 0 Å². The molecule has 2 aliphatic rings. The molecule has 5 nitrogen and oxygen atoms in total. The van der Waals surface area contributed by atoms with E-state index in [4.69, 9.17) is 4.74 Å². The van der Waals surface area contributed by atoms with Gasteiger partial charge in [0.1, 0.15) is 11.6 Å². The van der Waals surface area contributed by atoms with Crippen molar-refractivity contribution in [1.29, 1.82) is 0 Å². The number of hydrogen-bond donors (Lipinski definition) is 0. The zero-order valence-corrected chi connectivity index (χ0v) is 15.0. The van der Waals surface area contributed by atoms with Crippen LogP contribution in [0.1, 0.15) is 19.3 Å². The van der Waals surface area contributed by atoms with Crippen LogP contribution in [0.15, 0.2) is 24.3 Å². The Labute approximate surface area is 149 Å². The van der Waals surface area contributed by atoms with Crippen molar-refractivity contribution in [2.45, 2.75) is 25.3 Å². The molecule has 1 aromatic carbocycles. The van der Waals surface area contributed by atoms with E-state index in [-0.39, 0.29) is 18.3 Å². The molecular formula is C19H28FN3O2. The summed E-state index contributed by atoms with van der Waals surface area (Å²) in [6.07, 6.45) is 3.91. The minimum atomic E-state index is -0.355. The van der Waals surface area contributed by atoms with Crippen molar-refractivity contribution < 1.29 is 13.9 Å². The molecule has 0 N–H and O–H groups in total. The first kappa shape index (κ1) is 18.1. The molecule has 25 heavy (non-hydrogen) atoms. The second-order valence-electron chi connectivity index (χ2n) is 7.06. The quantitative estimate of drug-likeness (QED) is 0.813. The molecule has 0 spiro atoms. The number of ether oxygens (including phenoxy) is 1. The first-order valence-electron chi connectivity index (χ1n) is 9.20. The van der Waals surface area contributed by atoms with Crippen LogP contribution in [-0.2, 0) is 4.79 Å². The summed E-state index contributed by atoms with van der Waals surface area (Å²) < 4.78 is 18.5. The predicted octanol–water partition coefficient (Wildman–Crippen LogP) is 1.83. The highest BCUT2D eigenvalue weighted by Crippen LogP contribution is 2.17. The van der Waals surface area contributed by atoms with Crippen LogP contribution >= 0.6 is 0 Å². The summed E-state index contributed by atoms with van der Waals surface area (Å²) in [7, 11) is 2.22. The standard InChI is InChI=1S/C19H28FN3O2/c1-21-8-3-2-6-17(21)14-22-9-11-23(12-10-22)19(24)15-25-18-7-4-5-16(20)13-18/h4-5,7,13,17H,2-3,6,8-12,14-15H2,1H3/t17-/m1/s1. The molecule has 2 heterocycles. The van der Waals surface area contributed by atoms with E-state index in [1.807, 2.05) is 4.90 Å². The molecule has 0 bridgehead atoms. The molecular weight excluding hydrogens is 321 g/mol. The number of carbonyl (C=O) groups excluding carboxylic acids is 1. The maximum Gasteiger partial charge on any atom is 0.260 e. The van der Waals surface area contributed by atoms with Gasteiger partial charge in [0.15, 0.2) is 6.61 Å². The number of benzene rings is 1. The molecule has 2 saturated heterocycles. The van der Waals surface area contributed by atoms with Crippen LogP contribution < -0.4 is 4.74 Å². The highest BCUT2D eigenvalue weighted by Gasteiger charge is 2.26. The van der Waals surface area contributed by atoms with E-state index in [0.717, 1.165) is 32.7 Å². The number of likely N-dealkylation sites (tertiary alicyclic amines) is 1. The van der Waals surface area contributed by atoms with Crippen molar-refractivity contribution >= 4 is 5.91 Å². The van der Waals surface area contributed by atoms with E-state index in [1.165, 1.54) is 37.9 Å². The Balaban J connectivity index is 1.40. The smallest absolute Gasteiger partial charge is 0.260 e. The van der Waals surface area contributed by atoms with Gasteiger partial charge in [0.25, 0.3) is 5.91 Å². The van der Waals surface area contributed by atoms with E-state index in [0.29, 0.717) is 11.8 Å². The number of piperazine rings is 1. The van der Waals surface area contributed by atoms with Crippen LogP contribution in [0.3, 0.4) is 0 Å². The van der Waals surface area contributed by atoms with Crippen molar-refractivity contribution in [2.24, 2.45) is 0 Å². The van der Waals surface area contributed by atoms with Gasteiger partial charge in [-0.05, 0) is 38.6 Å². The Kier molecular flexibility index (Phi) is 6.26. The maximum atomic E-state index is 13.1. The third kappa shape index (κ3) is 5.16. The summed E-state index contributed by atoms with van der Waals surface area (Å²) in [6, 6.07) is 6.54.